The Morgan fingerprint density at radius 3 is 2.45 bits per heavy atom. The van der Waals surface area contributed by atoms with Crippen molar-refractivity contribution in [2.24, 2.45) is 0 Å². The molecule has 0 spiro atoms. The number of hydrogen-bond acceptors (Lipinski definition) is 4. The molecule has 4 rings (SSSR count). The molecule has 0 radical (unpaired) electrons. The Morgan fingerprint density at radius 1 is 1.00 bits per heavy atom. The summed E-state index contributed by atoms with van der Waals surface area (Å²) in [5, 5.41) is 3.06. The predicted molar refractivity (Wildman–Crippen MR) is 121 cm³/mol. The van der Waals surface area contributed by atoms with Crippen molar-refractivity contribution >= 4 is 5.91 Å². The minimum Gasteiger partial charge on any atom is -0.494 e. The van der Waals surface area contributed by atoms with Gasteiger partial charge in [0.2, 0.25) is 5.89 Å². The molecule has 3 aromatic carbocycles. The molecule has 0 aliphatic carbocycles. The quantitative estimate of drug-likeness (QED) is 0.411. The molecule has 4 aromatic rings. The van der Waals surface area contributed by atoms with E-state index in [0.29, 0.717) is 29.4 Å². The molecule has 156 valence electrons. The van der Waals surface area contributed by atoms with Crippen molar-refractivity contribution in [1.82, 2.24) is 10.3 Å². The summed E-state index contributed by atoms with van der Waals surface area (Å²) in [4.78, 5) is 17.4. The Hall–Kier alpha value is -3.86. The van der Waals surface area contributed by atoms with Gasteiger partial charge in [0.1, 0.15) is 5.75 Å². The summed E-state index contributed by atoms with van der Waals surface area (Å²) in [6, 6.07) is 24.7. The number of carbonyl (C=O) groups excluding carboxylic acids is 1. The summed E-state index contributed by atoms with van der Waals surface area (Å²) in [6.45, 7) is 4.53. The van der Waals surface area contributed by atoms with E-state index in [4.69, 9.17) is 9.15 Å². The van der Waals surface area contributed by atoms with E-state index in [1.807, 2.05) is 86.6 Å². The zero-order chi connectivity index (χ0) is 21.6. The highest BCUT2D eigenvalue weighted by atomic mass is 16.5. The van der Waals surface area contributed by atoms with Gasteiger partial charge in [0, 0.05) is 11.1 Å². The maximum atomic E-state index is 13.0. The molecule has 0 saturated heterocycles. The molecular weight excluding hydrogens is 388 g/mol. The van der Waals surface area contributed by atoms with Crippen LogP contribution in [0.1, 0.15) is 35.8 Å². The number of carbonyl (C=O) groups is 1. The van der Waals surface area contributed by atoms with Gasteiger partial charge in [-0.1, -0.05) is 42.5 Å². The first-order valence-electron chi connectivity index (χ1n) is 10.3. The summed E-state index contributed by atoms with van der Waals surface area (Å²) in [7, 11) is 0. The maximum Gasteiger partial charge on any atom is 0.252 e. The van der Waals surface area contributed by atoms with Crippen molar-refractivity contribution in [3.8, 4) is 28.5 Å². The fraction of sp³-hybridized carbons (Fsp3) is 0.154. The molecule has 1 amide bonds. The molecule has 1 heterocycles. The molecule has 1 aromatic heterocycles. The predicted octanol–water partition coefficient (Wildman–Crippen LogP) is 5.90. The summed E-state index contributed by atoms with van der Waals surface area (Å²) >= 11 is 0. The lowest BCUT2D eigenvalue weighted by Crippen LogP contribution is -2.27. The molecule has 0 aliphatic heterocycles. The highest BCUT2D eigenvalue weighted by Gasteiger charge is 2.18. The monoisotopic (exact) mass is 412 g/mol. The fourth-order valence-corrected chi connectivity index (χ4v) is 3.38. The maximum absolute atomic E-state index is 13.0. The van der Waals surface area contributed by atoms with Gasteiger partial charge in [-0.3, -0.25) is 4.79 Å². The van der Waals surface area contributed by atoms with Crippen LogP contribution in [-0.4, -0.2) is 17.5 Å². The second-order valence-electron chi connectivity index (χ2n) is 7.14. The van der Waals surface area contributed by atoms with E-state index in [0.717, 1.165) is 16.9 Å². The van der Waals surface area contributed by atoms with Crippen molar-refractivity contribution in [2.45, 2.75) is 19.9 Å². The van der Waals surface area contributed by atoms with Gasteiger partial charge in [0.05, 0.1) is 24.4 Å². The Balaban J connectivity index is 1.57. The lowest BCUT2D eigenvalue weighted by atomic mass is 10.0. The Bertz CT molecular complexity index is 1150. The average Bonchev–Trinajstić information content (AvgIpc) is 3.30. The molecule has 0 aliphatic rings. The third-order valence-corrected chi connectivity index (χ3v) is 5.00. The van der Waals surface area contributed by atoms with Crippen LogP contribution in [0.3, 0.4) is 0 Å². The van der Waals surface area contributed by atoms with E-state index in [2.05, 4.69) is 10.3 Å². The number of nitrogens with zero attached hydrogens (tertiary/aromatic N) is 1. The minimum atomic E-state index is -0.173. The van der Waals surface area contributed by atoms with E-state index in [1.54, 1.807) is 12.3 Å². The standard InChI is InChI=1S/C26H24N2O3/c1-3-30-21-15-13-20(14-16-21)24-17-27-26(31-24)23-12-8-7-11-22(23)25(29)28-18(2)19-9-5-4-6-10-19/h4-18H,3H2,1-2H3,(H,28,29). The van der Waals surface area contributed by atoms with Crippen LogP contribution in [-0.2, 0) is 0 Å². The highest BCUT2D eigenvalue weighted by molar-refractivity contribution is 6.00. The molecule has 1 N–H and O–H groups in total. The van der Waals surface area contributed by atoms with Gasteiger partial charge in [0.25, 0.3) is 5.91 Å². The van der Waals surface area contributed by atoms with E-state index in [-0.39, 0.29) is 11.9 Å². The van der Waals surface area contributed by atoms with Crippen LogP contribution < -0.4 is 10.1 Å². The van der Waals surface area contributed by atoms with E-state index in [1.165, 1.54) is 0 Å². The number of aromatic nitrogens is 1. The van der Waals surface area contributed by atoms with Crippen LogP contribution in [0, 0.1) is 0 Å². The second kappa shape index (κ2) is 9.30. The Morgan fingerprint density at radius 2 is 1.71 bits per heavy atom. The largest absolute Gasteiger partial charge is 0.494 e. The van der Waals surface area contributed by atoms with Crippen molar-refractivity contribution in [2.75, 3.05) is 6.61 Å². The molecule has 0 bridgehead atoms. The van der Waals surface area contributed by atoms with Crippen LogP contribution >= 0.6 is 0 Å². The average molecular weight is 412 g/mol. The number of nitrogens with one attached hydrogen (secondary N) is 1. The molecule has 0 fully saturated rings. The lowest BCUT2D eigenvalue weighted by molar-refractivity contribution is 0.0940. The lowest BCUT2D eigenvalue weighted by Gasteiger charge is -2.15. The first-order valence-corrected chi connectivity index (χ1v) is 10.3. The summed E-state index contributed by atoms with van der Waals surface area (Å²) < 4.78 is 11.5. The van der Waals surface area contributed by atoms with Crippen LogP contribution in [0.5, 0.6) is 5.75 Å². The second-order valence-corrected chi connectivity index (χ2v) is 7.14. The van der Waals surface area contributed by atoms with Gasteiger partial charge < -0.3 is 14.5 Å². The fourth-order valence-electron chi connectivity index (χ4n) is 3.38. The Kier molecular flexibility index (Phi) is 6.13. The number of ether oxygens (including phenoxy) is 1. The summed E-state index contributed by atoms with van der Waals surface area (Å²) in [6.07, 6.45) is 1.67. The molecule has 31 heavy (non-hydrogen) atoms. The van der Waals surface area contributed by atoms with E-state index >= 15 is 0 Å². The first kappa shape index (κ1) is 20.4. The van der Waals surface area contributed by atoms with Crippen LogP contribution in [0.4, 0.5) is 0 Å². The summed E-state index contributed by atoms with van der Waals surface area (Å²) in [5.41, 5.74) is 3.10. The van der Waals surface area contributed by atoms with Crippen molar-refractivity contribution < 1.29 is 13.9 Å². The molecule has 1 atom stereocenters. The number of amides is 1. The first-order chi connectivity index (χ1) is 15.2. The molecule has 0 saturated carbocycles. The number of hydrogen-bond donors (Lipinski definition) is 1. The van der Waals surface area contributed by atoms with E-state index in [9.17, 15) is 4.79 Å². The van der Waals surface area contributed by atoms with Gasteiger partial charge in [-0.25, -0.2) is 4.98 Å². The molecular formula is C26H24N2O3. The van der Waals surface area contributed by atoms with Gasteiger partial charge >= 0.3 is 0 Å². The van der Waals surface area contributed by atoms with Crippen LogP contribution in [0.25, 0.3) is 22.8 Å². The van der Waals surface area contributed by atoms with Crippen LogP contribution in [0.2, 0.25) is 0 Å². The van der Waals surface area contributed by atoms with Gasteiger partial charge in [0.15, 0.2) is 5.76 Å². The molecule has 5 nitrogen and oxygen atoms in total. The SMILES string of the molecule is CCOc1ccc(-c2cnc(-c3ccccc3C(=O)NC(C)c3ccccc3)o2)cc1. The normalized spacial score (nSPS) is 11.7. The number of rotatable bonds is 7. The van der Waals surface area contributed by atoms with Gasteiger partial charge in [-0.05, 0) is 55.8 Å². The van der Waals surface area contributed by atoms with E-state index < -0.39 is 0 Å². The Labute approximate surface area is 181 Å². The van der Waals surface area contributed by atoms with Crippen LogP contribution in [0.15, 0.2) is 89.5 Å². The topological polar surface area (TPSA) is 64.4 Å². The molecule has 1 unspecified atom stereocenters. The van der Waals surface area contributed by atoms with Crippen molar-refractivity contribution in [3.05, 3.63) is 96.2 Å². The minimum absolute atomic E-state index is 0.120. The summed E-state index contributed by atoms with van der Waals surface area (Å²) in [5.74, 6) is 1.67. The van der Waals surface area contributed by atoms with Gasteiger partial charge in [-0.2, -0.15) is 0 Å². The third-order valence-electron chi connectivity index (χ3n) is 5.00. The number of benzene rings is 3. The zero-order valence-corrected chi connectivity index (χ0v) is 17.5. The zero-order valence-electron chi connectivity index (χ0n) is 17.5. The third kappa shape index (κ3) is 4.67. The van der Waals surface area contributed by atoms with Crippen molar-refractivity contribution in [1.29, 1.82) is 0 Å². The smallest absolute Gasteiger partial charge is 0.252 e. The highest BCUT2D eigenvalue weighted by Crippen LogP contribution is 2.29. The van der Waals surface area contributed by atoms with Gasteiger partial charge in [-0.15, -0.1) is 0 Å². The molecule has 5 heteroatoms. The van der Waals surface area contributed by atoms with Crippen molar-refractivity contribution in [3.63, 3.8) is 0 Å². The number of oxazole rings is 1.